The summed E-state index contributed by atoms with van der Waals surface area (Å²) in [5.74, 6) is -4.29. The Morgan fingerprint density at radius 1 is 0.762 bits per heavy atom. The number of amides is 2. The van der Waals surface area contributed by atoms with Gasteiger partial charge in [-0.3, -0.25) is 0 Å². The molecule has 0 aliphatic heterocycles. The molecule has 0 rings (SSSR count). The van der Waals surface area contributed by atoms with Crippen molar-refractivity contribution >= 4 is 23.8 Å². The predicted molar refractivity (Wildman–Crippen MR) is 54.9 cm³/mol. The quantitative estimate of drug-likeness (QED) is 0.390. The van der Waals surface area contributed by atoms with Gasteiger partial charge in [-0.25, -0.2) is 0 Å². The summed E-state index contributed by atoms with van der Waals surface area (Å²) in [6.45, 7) is -2.30. The molecule has 0 aromatic rings. The summed E-state index contributed by atoms with van der Waals surface area (Å²) in [5, 5.41) is 25.1. The molecule has 0 heterocycles. The molecule has 10 nitrogen and oxygen atoms in total. The number of carbonyl (C=O) groups is 4. The Morgan fingerprint density at radius 2 is 1.00 bits per heavy atom. The van der Waals surface area contributed by atoms with Gasteiger partial charge in [0, 0.05) is 44.2 Å². The second-order valence-corrected chi connectivity index (χ2v) is 2.52. The average Bonchev–Trinajstić information content (AvgIpc) is 2.33. The molecular formula is C8H10N4Na2O6Pd-4. The maximum atomic E-state index is 10.1. The van der Waals surface area contributed by atoms with Gasteiger partial charge < -0.3 is 51.5 Å². The molecule has 0 atom stereocenters. The maximum Gasteiger partial charge on any atom is 1.00 e. The van der Waals surface area contributed by atoms with Gasteiger partial charge in [-0.1, -0.05) is 13.1 Å². The summed E-state index contributed by atoms with van der Waals surface area (Å²) in [5.41, 5.74) is 12.8. The molecule has 0 aromatic carbocycles. The summed E-state index contributed by atoms with van der Waals surface area (Å²) in [6, 6.07) is 0. The van der Waals surface area contributed by atoms with Gasteiger partial charge in [-0.2, -0.15) is 0 Å². The molecule has 0 bridgehead atoms. The van der Waals surface area contributed by atoms with Crippen molar-refractivity contribution in [3.8, 4) is 0 Å². The van der Waals surface area contributed by atoms with Crippen LogP contribution in [-0.2, 0) is 39.6 Å². The zero-order valence-corrected chi connectivity index (χ0v) is 17.0. The van der Waals surface area contributed by atoms with Crippen LogP contribution in [0, 0.1) is 0 Å². The Labute approximate surface area is 179 Å². The first-order valence-electron chi connectivity index (χ1n) is 4.43. The number of nitrogens with zero attached hydrogens (tertiary/aromatic N) is 2. The largest absolute Gasteiger partial charge is 1.00 e. The van der Waals surface area contributed by atoms with Gasteiger partial charge in [-0.15, -0.1) is 13.1 Å². The van der Waals surface area contributed by atoms with Gasteiger partial charge in [0.25, 0.3) is 0 Å². The van der Waals surface area contributed by atoms with E-state index < -0.39 is 49.9 Å². The molecule has 0 radical (unpaired) electrons. The molecule has 0 saturated heterocycles. The number of aliphatic carboxylic acids is 2. The molecule has 2 N–H and O–H groups in total. The molecule has 0 spiro atoms. The van der Waals surface area contributed by atoms with E-state index in [4.69, 9.17) is 11.5 Å². The Hall–Kier alpha value is 0.462. The van der Waals surface area contributed by atoms with Gasteiger partial charge in [0.15, 0.2) is 0 Å². The zero-order chi connectivity index (χ0) is 14.6. The summed E-state index contributed by atoms with van der Waals surface area (Å²) >= 11 is 0. The summed E-state index contributed by atoms with van der Waals surface area (Å²) < 4.78 is 0. The number of nitrogens with one attached hydrogen (secondary N) is 2. The fourth-order valence-electron chi connectivity index (χ4n) is 0.417. The fraction of sp³-hybridized carbons (Fsp3) is 0.500. The van der Waals surface area contributed by atoms with E-state index in [1.54, 1.807) is 0 Å². The van der Waals surface area contributed by atoms with E-state index in [2.05, 4.69) is 10.6 Å². The number of hydrogen-bond acceptors (Lipinski definition) is 6. The molecule has 0 aliphatic rings. The molecule has 0 fully saturated rings. The first-order valence-corrected chi connectivity index (χ1v) is 4.43. The number of hydrogen-bond donors (Lipinski definition) is 0. The fourth-order valence-corrected chi connectivity index (χ4v) is 0.417. The predicted octanol–water partition coefficient (Wildman–Crippen LogP) is -8.62. The van der Waals surface area contributed by atoms with Crippen LogP contribution < -0.4 is 69.3 Å². The van der Waals surface area contributed by atoms with E-state index in [-0.39, 0.29) is 79.5 Å². The number of rotatable bonds is 6. The molecule has 0 aromatic heterocycles. The van der Waals surface area contributed by atoms with Crippen molar-refractivity contribution in [2.45, 2.75) is 0 Å². The maximum absolute atomic E-state index is 10.1. The van der Waals surface area contributed by atoms with Crippen molar-refractivity contribution in [3.63, 3.8) is 0 Å². The molecule has 13 heteroatoms. The van der Waals surface area contributed by atoms with Crippen molar-refractivity contribution in [1.29, 1.82) is 0 Å². The monoisotopic (exact) mass is 410 g/mol. The van der Waals surface area contributed by atoms with Crippen LogP contribution in [-0.4, -0.2) is 49.9 Å². The summed E-state index contributed by atoms with van der Waals surface area (Å²) in [6.07, 6.45) is 0. The Morgan fingerprint density at radius 3 is 1.14 bits per heavy atom. The number of carboxylic acids is 2. The summed E-state index contributed by atoms with van der Waals surface area (Å²) in [7, 11) is 0. The second kappa shape index (κ2) is 22.7. The second-order valence-electron chi connectivity index (χ2n) is 2.52. The van der Waals surface area contributed by atoms with Crippen LogP contribution in [0.4, 0.5) is 0 Å². The molecular weight excluding hydrogens is 401 g/mol. The Balaban J connectivity index is -0.0000000711. The molecule has 0 aliphatic carbocycles. The van der Waals surface area contributed by atoms with E-state index in [0.717, 1.165) is 0 Å². The molecule has 0 saturated carbocycles. The Bertz CT molecular complexity index is 291. The smallest absolute Gasteiger partial charge is 0.673 e. The number of carbonyl (C=O) groups excluding carboxylic acids is 4. The van der Waals surface area contributed by atoms with Crippen LogP contribution in [0.1, 0.15) is 0 Å². The van der Waals surface area contributed by atoms with E-state index in [1.165, 1.54) is 0 Å². The van der Waals surface area contributed by atoms with E-state index in [0.29, 0.717) is 0 Å². The minimum absolute atomic E-state index is 0. The van der Waals surface area contributed by atoms with Crippen LogP contribution in [0.25, 0.3) is 22.1 Å². The van der Waals surface area contributed by atoms with Crippen LogP contribution in [0.3, 0.4) is 0 Å². The minimum Gasteiger partial charge on any atom is -0.673 e. The molecule has 2 amide bonds. The van der Waals surface area contributed by atoms with Crippen LogP contribution >= 0.6 is 0 Å². The van der Waals surface area contributed by atoms with Crippen molar-refractivity contribution in [2.24, 2.45) is 0 Å². The first kappa shape index (κ1) is 33.2. The number of carboxylic acid groups (broad SMARTS) is 2. The van der Waals surface area contributed by atoms with Gasteiger partial charge in [0.2, 0.25) is 0 Å². The average molecular weight is 411 g/mol. The standard InChI is InChI=1S/2C4H7N2O3.2Na.Pd/c2*5-1-3(7)6-2-4(8)9;;;/h2*5H,1-2H2,(H2,6,7,8,9);;;/q2*-1;2*+1;/p-4. The van der Waals surface area contributed by atoms with Gasteiger partial charge in [-0.05, 0) is 0 Å². The van der Waals surface area contributed by atoms with Crippen molar-refractivity contribution < 1.29 is 109 Å². The van der Waals surface area contributed by atoms with Gasteiger partial charge >= 0.3 is 59.1 Å². The molecule has 114 valence electrons. The molecule has 0 unspecified atom stereocenters. The third-order valence-electron chi connectivity index (χ3n) is 1.07. The van der Waals surface area contributed by atoms with Gasteiger partial charge in [0.05, 0.1) is 0 Å². The van der Waals surface area contributed by atoms with E-state index in [1.807, 2.05) is 0 Å². The topological polar surface area (TPSA) is 190 Å². The first-order chi connectivity index (χ1) is 8.33. The molecule has 21 heavy (non-hydrogen) atoms. The van der Waals surface area contributed by atoms with Gasteiger partial charge in [0.1, 0.15) is 0 Å². The normalized spacial score (nSPS) is 7.33. The van der Waals surface area contributed by atoms with Crippen molar-refractivity contribution in [1.82, 2.24) is 0 Å². The third kappa shape index (κ3) is 33.3. The van der Waals surface area contributed by atoms with Crippen molar-refractivity contribution in [2.75, 3.05) is 26.2 Å². The van der Waals surface area contributed by atoms with Crippen LogP contribution in [0.5, 0.6) is 0 Å². The van der Waals surface area contributed by atoms with Crippen molar-refractivity contribution in [3.05, 3.63) is 22.1 Å². The Kier molecular flexibility index (Phi) is 35.9. The van der Waals surface area contributed by atoms with Crippen LogP contribution in [0.15, 0.2) is 0 Å². The van der Waals surface area contributed by atoms with E-state index in [9.17, 15) is 29.4 Å². The van der Waals surface area contributed by atoms with E-state index >= 15 is 0 Å². The zero-order valence-electron chi connectivity index (χ0n) is 11.5. The third-order valence-corrected chi connectivity index (χ3v) is 1.07. The SMILES string of the molecule is [NH-]CC(=O)[N-]CC(=O)[O-].[NH-]CC(=O)[N-]CC(=O)[O-].[Na+].[Na+].[Pd]. The summed E-state index contributed by atoms with van der Waals surface area (Å²) in [4.78, 5) is 39.3. The van der Waals surface area contributed by atoms with Crippen LogP contribution in [0.2, 0.25) is 0 Å². The minimum atomic E-state index is -1.41.